The fraction of sp³-hybridized carbons (Fsp3) is 0.438. The molecule has 6 nitrogen and oxygen atoms in total. The van der Waals surface area contributed by atoms with Crippen molar-refractivity contribution in [2.45, 2.75) is 36.4 Å². The number of hydrogen-bond acceptors (Lipinski definition) is 5. The number of thiophene rings is 1. The van der Waals surface area contributed by atoms with Crippen LogP contribution in [0.25, 0.3) is 0 Å². The highest BCUT2D eigenvalue weighted by atomic mass is 32.2. The molecule has 0 spiro atoms. The lowest BCUT2D eigenvalue weighted by atomic mass is 10.2. The van der Waals surface area contributed by atoms with Crippen LogP contribution in [0.5, 0.6) is 0 Å². The van der Waals surface area contributed by atoms with E-state index in [1.807, 2.05) is 0 Å². The number of amides is 1. The van der Waals surface area contributed by atoms with E-state index >= 15 is 0 Å². The van der Waals surface area contributed by atoms with Crippen LogP contribution in [0.15, 0.2) is 39.2 Å². The van der Waals surface area contributed by atoms with Gasteiger partial charge in [0.25, 0.3) is 15.9 Å². The first-order valence-electron chi connectivity index (χ1n) is 7.98. The van der Waals surface area contributed by atoms with Crippen LogP contribution in [0.3, 0.4) is 0 Å². The van der Waals surface area contributed by atoms with Crippen molar-refractivity contribution in [2.24, 2.45) is 0 Å². The van der Waals surface area contributed by atoms with Gasteiger partial charge in [-0.25, -0.2) is 8.42 Å². The number of carbonyl (C=O) groups excluding carboxylic acids is 1. The molecule has 1 amide bonds. The summed E-state index contributed by atoms with van der Waals surface area (Å²) in [5.41, 5.74) is 0. The van der Waals surface area contributed by atoms with E-state index in [1.165, 1.54) is 17.6 Å². The predicted octanol–water partition coefficient (Wildman–Crippen LogP) is 2.84. The summed E-state index contributed by atoms with van der Waals surface area (Å²) >= 11 is 1.20. The van der Waals surface area contributed by atoms with Crippen molar-refractivity contribution in [1.29, 1.82) is 0 Å². The van der Waals surface area contributed by atoms with E-state index < -0.39 is 10.0 Å². The van der Waals surface area contributed by atoms with Gasteiger partial charge in [-0.3, -0.25) is 4.79 Å². The molecule has 0 aromatic carbocycles. The Balaban J connectivity index is 1.65. The number of rotatable bonds is 5. The Morgan fingerprint density at radius 3 is 2.58 bits per heavy atom. The standard InChI is InChI=1S/C16H20N2O4S2/c19-16(14-6-5-11-22-14)17-12-13-7-8-15(23-13)24(20,21)18-9-3-1-2-4-10-18/h5-8,11H,1-4,9-10,12H2,(H,17,19). The summed E-state index contributed by atoms with van der Waals surface area (Å²) in [6.07, 6.45) is 5.43. The molecule has 130 valence electrons. The fourth-order valence-electron chi connectivity index (χ4n) is 2.66. The summed E-state index contributed by atoms with van der Waals surface area (Å²) in [5.74, 6) is -0.0747. The number of nitrogens with one attached hydrogen (secondary N) is 1. The SMILES string of the molecule is O=C(NCc1ccc(S(=O)(=O)N2CCCCCC2)s1)c1ccco1. The van der Waals surface area contributed by atoms with E-state index in [2.05, 4.69) is 5.32 Å². The van der Waals surface area contributed by atoms with Gasteiger partial charge < -0.3 is 9.73 Å². The molecule has 2 aromatic rings. The van der Waals surface area contributed by atoms with E-state index in [9.17, 15) is 13.2 Å². The smallest absolute Gasteiger partial charge is 0.287 e. The van der Waals surface area contributed by atoms with E-state index in [1.54, 1.807) is 28.6 Å². The molecule has 0 radical (unpaired) electrons. The van der Waals surface area contributed by atoms with E-state index in [4.69, 9.17) is 4.42 Å². The van der Waals surface area contributed by atoms with Crippen molar-refractivity contribution in [3.05, 3.63) is 41.2 Å². The molecule has 0 unspecified atom stereocenters. The Hall–Kier alpha value is -1.64. The summed E-state index contributed by atoms with van der Waals surface area (Å²) in [7, 11) is -3.43. The summed E-state index contributed by atoms with van der Waals surface area (Å²) in [6, 6.07) is 6.60. The third-order valence-corrected chi connectivity index (χ3v) is 7.42. The monoisotopic (exact) mass is 368 g/mol. The molecule has 0 saturated carbocycles. The van der Waals surface area contributed by atoms with E-state index in [-0.39, 0.29) is 18.2 Å². The number of sulfonamides is 1. The second-order valence-electron chi connectivity index (χ2n) is 5.70. The summed E-state index contributed by atoms with van der Waals surface area (Å²) < 4.78 is 32.4. The molecular formula is C16H20N2O4S2. The molecule has 24 heavy (non-hydrogen) atoms. The van der Waals surface area contributed by atoms with Crippen molar-refractivity contribution in [2.75, 3.05) is 13.1 Å². The molecule has 1 aliphatic rings. The minimum absolute atomic E-state index is 0.240. The number of hydrogen-bond donors (Lipinski definition) is 1. The van der Waals surface area contributed by atoms with Crippen molar-refractivity contribution >= 4 is 27.3 Å². The lowest BCUT2D eigenvalue weighted by Gasteiger charge is -2.18. The largest absolute Gasteiger partial charge is 0.459 e. The highest BCUT2D eigenvalue weighted by Crippen LogP contribution is 2.26. The van der Waals surface area contributed by atoms with Crippen LogP contribution in [-0.2, 0) is 16.6 Å². The number of furan rings is 1. The Bertz CT molecular complexity index is 773. The van der Waals surface area contributed by atoms with Crippen molar-refractivity contribution < 1.29 is 17.6 Å². The molecule has 1 saturated heterocycles. The molecule has 3 heterocycles. The Kier molecular flexibility index (Phi) is 5.37. The average Bonchev–Trinajstić information content (AvgIpc) is 3.19. The van der Waals surface area contributed by atoms with E-state index in [0.717, 1.165) is 30.6 Å². The zero-order chi connectivity index (χ0) is 17.0. The summed E-state index contributed by atoms with van der Waals surface area (Å²) in [5, 5.41) is 2.72. The van der Waals surface area contributed by atoms with Crippen LogP contribution in [0.1, 0.15) is 41.1 Å². The topological polar surface area (TPSA) is 79.6 Å². The van der Waals surface area contributed by atoms with Crippen molar-refractivity contribution in [1.82, 2.24) is 9.62 Å². The Morgan fingerprint density at radius 2 is 1.92 bits per heavy atom. The van der Waals surface area contributed by atoms with Gasteiger partial charge in [0.2, 0.25) is 0 Å². The number of carbonyl (C=O) groups is 1. The maximum atomic E-state index is 12.7. The molecular weight excluding hydrogens is 348 g/mol. The van der Waals surface area contributed by atoms with Crippen LogP contribution in [0.4, 0.5) is 0 Å². The van der Waals surface area contributed by atoms with Gasteiger partial charge in [0.05, 0.1) is 12.8 Å². The predicted molar refractivity (Wildman–Crippen MR) is 91.4 cm³/mol. The molecule has 0 atom stereocenters. The van der Waals surface area contributed by atoms with Gasteiger partial charge in [-0.05, 0) is 37.1 Å². The first-order valence-corrected chi connectivity index (χ1v) is 10.2. The molecule has 0 aliphatic carbocycles. The van der Waals surface area contributed by atoms with Gasteiger partial charge in [-0.1, -0.05) is 12.8 Å². The quantitative estimate of drug-likeness (QED) is 0.880. The minimum atomic E-state index is -3.43. The lowest BCUT2D eigenvalue weighted by Crippen LogP contribution is -2.31. The molecule has 1 fully saturated rings. The van der Waals surface area contributed by atoms with Gasteiger partial charge in [0.15, 0.2) is 5.76 Å². The maximum Gasteiger partial charge on any atom is 0.287 e. The molecule has 2 aromatic heterocycles. The highest BCUT2D eigenvalue weighted by molar-refractivity contribution is 7.91. The van der Waals surface area contributed by atoms with Crippen LogP contribution in [0, 0.1) is 0 Å². The third kappa shape index (κ3) is 3.88. The van der Waals surface area contributed by atoms with Crippen molar-refractivity contribution in [3.63, 3.8) is 0 Å². The second-order valence-corrected chi connectivity index (χ2v) is 9.03. The first kappa shape index (κ1) is 17.2. The van der Waals surface area contributed by atoms with Crippen LogP contribution < -0.4 is 5.32 Å². The second kappa shape index (κ2) is 7.50. The molecule has 0 bridgehead atoms. The summed E-state index contributed by atoms with van der Waals surface area (Å²) in [6.45, 7) is 1.45. The third-order valence-electron chi connectivity index (χ3n) is 3.96. The van der Waals surface area contributed by atoms with Gasteiger partial charge in [0, 0.05) is 18.0 Å². The molecule has 1 aliphatic heterocycles. The average molecular weight is 368 g/mol. The van der Waals surface area contributed by atoms with Gasteiger partial charge >= 0.3 is 0 Å². The van der Waals surface area contributed by atoms with Gasteiger partial charge in [0.1, 0.15) is 4.21 Å². The fourth-order valence-corrected chi connectivity index (χ4v) is 5.63. The van der Waals surface area contributed by atoms with Crippen LogP contribution in [-0.4, -0.2) is 31.7 Å². The van der Waals surface area contributed by atoms with Crippen LogP contribution in [0.2, 0.25) is 0 Å². The molecule has 8 heteroatoms. The highest BCUT2D eigenvalue weighted by Gasteiger charge is 2.26. The van der Waals surface area contributed by atoms with Crippen molar-refractivity contribution in [3.8, 4) is 0 Å². The zero-order valence-corrected chi connectivity index (χ0v) is 14.9. The minimum Gasteiger partial charge on any atom is -0.459 e. The van der Waals surface area contributed by atoms with Gasteiger partial charge in [-0.15, -0.1) is 11.3 Å². The normalized spacial score (nSPS) is 16.7. The summed E-state index contributed by atoms with van der Waals surface area (Å²) in [4.78, 5) is 12.6. The molecule has 3 rings (SSSR count). The van der Waals surface area contributed by atoms with E-state index in [0.29, 0.717) is 17.3 Å². The lowest BCUT2D eigenvalue weighted by molar-refractivity contribution is 0.0923. The number of nitrogens with zero attached hydrogens (tertiary/aromatic N) is 1. The van der Waals surface area contributed by atoms with Gasteiger partial charge in [-0.2, -0.15) is 4.31 Å². The maximum absolute atomic E-state index is 12.7. The Labute approximate surface area is 145 Å². The molecule has 1 N–H and O–H groups in total. The van der Waals surface area contributed by atoms with Crippen LogP contribution >= 0.6 is 11.3 Å². The Morgan fingerprint density at radius 1 is 1.17 bits per heavy atom. The first-order chi connectivity index (χ1) is 11.6. The zero-order valence-electron chi connectivity index (χ0n) is 13.2.